The van der Waals surface area contributed by atoms with Crippen molar-refractivity contribution in [3.8, 4) is 0 Å². The van der Waals surface area contributed by atoms with Crippen LogP contribution in [0.3, 0.4) is 0 Å². The van der Waals surface area contributed by atoms with Gasteiger partial charge in [0, 0.05) is 0 Å². The number of hydrogen-bond donors (Lipinski definition) is 0. The van der Waals surface area contributed by atoms with E-state index in [4.69, 9.17) is 27.8 Å². The van der Waals surface area contributed by atoms with Crippen molar-refractivity contribution in [3.05, 3.63) is 0 Å². The first-order valence-corrected chi connectivity index (χ1v) is 10.7. The maximum atomic E-state index is 6.12. The Balaban J connectivity index is 1.78. The minimum absolute atomic E-state index is 0.156. The van der Waals surface area contributed by atoms with E-state index in [-0.39, 0.29) is 38.7 Å². The van der Waals surface area contributed by atoms with Crippen LogP contribution < -0.4 is 0 Å². The molecular weight excluding hydrogens is 278 g/mol. The minimum atomic E-state index is -1.74. The van der Waals surface area contributed by atoms with Gasteiger partial charge in [-0.25, -0.2) is 0 Å². The monoisotopic (exact) mass is 300 g/mol. The van der Waals surface area contributed by atoms with Crippen molar-refractivity contribution in [2.45, 2.75) is 64.0 Å². The molecule has 0 bridgehead atoms. The highest BCUT2D eigenvalue weighted by molar-refractivity contribution is 6.69. The van der Waals surface area contributed by atoms with Crippen LogP contribution in [0.1, 0.15) is 0 Å². The van der Waals surface area contributed by atoms with Crippen LogP contribution in [-0.4, -0.2) is 59.9 Å². The molecule has 0 aliphatic carbocycles. The summed E-state index contributed by atoms with van der Waals surface area (Å²) >= 11 is 0. The summed E-state index contributed by atoms with van der Waals surface area (Å²) in [5.74, 6) is 0. The zero-order valence-electron chi connectivity index (χ0n) is 12.7. The summed E-state index contributed by atoms with van der Waals surface area (Å²) in [4.78, 5) is 0. The zero-order chi connectivity index (χ0) is 14.5. The van der Waals surface area contributed by atoms with E-state index >= 15 is 0 Å². The van der Waals surface area contributed by atoms with E-state index in [0.717, 1.165) is 0 Å². The molecule has 0 spiro atoms. The number of hydrogen-bond acceptors (Lipinski definition) is 6. The molecule has 3 aliphatic heterocycles. The summed E-state index contributed by atoms with van der Waals surface area (Å²) in [6.07, 6.45) is -1.11. The van der Waals surface area contributed by atoms with Crippen molar-refractivity contribution in [3.63, 3.8) is 0 Å². The maximum Gasteiger partial charge on any atom is 0.454 e. The van der Waals surface area contributed by atoms with Crippen molar-refractivity contribution in [1.29, 1.82) is 0 Å². The Kier molecular flexibility index (Phi) is 4.04. The molecule has 5 atom stereocenters. The van der Waals surface area contributed by atoms with E-state index in [1.165, 1.54) is 0 Å². The van der Waals surface area contributed by atoms with Gasteiger partial charge in [0.2, 0.25) is 0 Å². The Morgan fingerprint density at radius 2 is 1.60 bits per heavy atom. The lowest BCUT2D eigenvalue weighted by atomic mass is 9.88. The van der Waals surface area contributed by atoms with Gasteiger partial charge in [-0.2, -0.15) is 0 Å². The van der Waals surface area contributed by atoms with E-state index in [1.54, 1.807) is 0 Å². The fourth-order valence-electron chi connectivity index (χ4n) is 2.89. The molecule has 3 fully saturated rings. The molecule has 3 aliphatic rings. The molecule has 0 radical (unpaired) electrons. The summed E-state index contributed by atoms with van der Waals surface area (Å²) in [6.45, 7) is 10.7. The van der Waals surface area contributed by atoms with Crippen molar-refractivity contribution >= 4 is 22.6 Å². The highest BCUT2D eigenvalue weighted by atomic mass is 28.4. The molecule has 6 nitrogen and oxygen atoms in total. The van der Waals surface area contributed by atoms with Crippen LogP contribution >= 0.6 is 0 Å². The molecule has 0 unspecified atom stereocenters. The predicted molar refractivity (Wildman–Crippen MR) is 76.9 cm³/mol. The second-order valence-corrected chi connectivity index (χ2v) is 11.0. The molecule has 20 heavy (non-hydrogen) atoms. The van der Waals surface area contributed by atoms with Crippen LogP contribution in [0, 0.1) is 0 Å². The van der Waals surface area contributed by atoms with Gasteiger partial charge in [0.1, 0.15) is 12.2 Å². The van der Waals surface area contributed by atoms with Gasteiger partial charge in [0.25, 0.3) is 0 Å². The maximum absolute atomic E-state index is 6.12. The third kappa shape index (κ3) is 2.99. The second kappa shape index (κ2) is 5.39. The van der Waals surface area contributed by atoms with Crippen LogP contribution in [0.15, 0.2) is 0 Å². The topological polar surface area (TPSA) is 55.4 Å². The zero-order valence-corrected chi connectivity index (χ0v) is 13.7. The van der Waals surface area contributed by atoms with Crippen LogP contribution in [0.4, 0.5) is 0 Å². The molecule has 0 saturated carbocycles. The molecule has 3 rings (SSSR count). The van der Waals surface area contributed by atoms with Gasteiger partial charge >= 0.3 is 14.2 Å². The molecule has 112 valence electrons. The number of ether oxygens (including phenoxy) is 1. The Bertz CT molecular complexity index is 367. The quantitative estimate of drug-likeness (QED) is 0.709. The van der Waals surface area contributed by atoms with Crippen molar-refractivity contribution in [1.82, 2.24) is 0 Å². The standard InChI is InChI=1S/C11H22B2O6Si/c1-12-14-6-7-8(16-12)9-10(18-13(2)17-9)11(15-7)19-20(3,4)5/h7-11H,6H2,1-5H3/t7-,8-,9+,10+,11+/m1/s1. The van der Waals surface area contributed by atoms with Gasteiger partial charge in [-0.1, -0.05) is 0 Å². The SMILES string of the molecule is CB1O[C@@H]2[C@H](O1)[C@H](O[Si](C)(C)C)O[C@@H]1COB(C)O[C@@H]21. The Morgan fingerprint density at radius 3 is 2.30 bits per heavy atom. The van der Waals surface area contributed by atoms with Gasteiger partial charge in [-0.05, 0) is 33.3 Å². The number of fused-ring (bicyclic) bond motifs is 3. The van der Waals surface area contributed by atoms with Gasteiger partial charge in [0.05, 0.1) is 18.8 Å². The lowest BCUT2D eigenvalue weighted by molar-refractivity contribution is -0.260. The summed E-state index contributed by atoms with van der Waals surface area (Å²) in [6, 6.07) is 0. The highest BCUT2D eigenvalue weighted by Gasteiger charge is 2.56. The van der Waals surface area contributed by atoms with Crippen LogP contribution in [0.2, 0.25) is 33.3 Å². The molecule has 0 aromatic heterocycles. The van der Waals surface area contributed by atoms with Gasteiger partial charge < -0.3 is 27.8 Å². The van der Waals surface area contributed by atoms with Crippen molar-refractivity contribution < 1.29 is 27.8 Å². The molecule has 0 amide bonds. The van der Waals surface area contributed by atoms with E-state index in [2.05, 4.69) is 19.6 Å². The summed E-state index contributed by atoms with van der Waals surface area (Å²) in [5, 5.41) is 0. The number of rotatable bonds is 2. The summed E-state index contributed by atoms with van der Waals surface area (Å²) in [7, 11) is -2.24. The third-order valence-corrected chi connectivity index (χ3v) is 4.54. The van der Waals surface area contributed by atoms with Gasteiger partial charge in [-0.15, -0.1) is 0 Å². The molecule has 9 heteroatoms. The third-order valence-electron chi connectivity index (χ3n) is 3.60. The first-order valence-electron chi connectivity index (χ1n) is 7.25. The van der Waals surface area contributed by atoms with E-state index in [1.807, 2.05) is 13.6 Å². The first kappa shape index (κ1) is 15.0. The average Bonchev–Trinajstić information content (AvgIpc) is 2.71. The Labute approximate surface area is 121 Å². The van der Waals surface area contributed by atoms with Gasteiger partial charge in [-0.3, -0.25) is 0 Å². The average molecular weight is 300 g/mol. The van der Waals surface area contributed by atoms with Gasteiger partial charge in [0.15, 0.2) is 14.6 Å². The molecule has 3 heterocycles. The smallest absolute Gasteiger partial charge is 0.408 e. The Hall–Kier alpha value is 0.107. The first-order chi connectivity index (χ1) is 9.33. The van der Waals surface area contributed by atoms with Crippen LogP contribution in [0.25, 0.3) is 0 Å². The molecule has 0 aromatic carbocycles. The lowest BCUT2D eigenvalue weighted by Gasteiger charge is -2.47. The fraction of sp³-hybridized carbons (Fsp3) is 1.00. The molecule has 3 saturated heterocycles. The van der Waals surface area contributed by atoms with Crippen LogP contribution in [-0.2, 0) is 27.8 Å². The largest absolute Gasteiger partial charge is 0.454 e. The summed E-state index contributed by atoms with van der Waals surface area (Å²) in [5.41, 5.74) is 0. The highest BCUT2D eigenvalue weighted by Crippen LogP contribution is 2.36. The molecule has 0 N–H and O–H groups in total. The van der Waals surface area contributed by atoms with E-state index < -0.39 is 14.6 Å². The van der Waals surface area contributed by atoms with E-state index in [9.17, 15) is 0 Å². The minimum Gasteiger partial charge on any atom is -0.408 e. The van der Waals surface area contributed by atoms with Crippen molar-refractivity contribution in [2.24, 2.45) is 0 Å². The molecule has 0 aromatic rings. The molecular formula is C11H22B2O6Si. The summed E-state index contributed by atoms with van der Waals surface area (Å²) < 4.78 is 35.2. The fourth-order valence-corrected chi connectivity index (χ4v) is 3.77. The van der Waals surface area contributed by atoms with Crippen molar-refractivity contribution in [2.75, 3.05) is 6.61 Å². The normalized spacial score (nSPS) is 41.5. The Morgan fingerprint density at radius 1 is 0.950 bits per heavy atom. The predicted octanol–water partition coefficient (Wildman–Crippen LogP) is 0.998. The van der Waals surface area contributed by atoms with Crippen LogP contribution in [0.5, 0.6) is 0 Å². The lowest BCUT2D eigenvalue weighted by Crippen LogP contribution is -2.63. The van der Waals surface area contributed by atoms with E-state index in [0.29, 0.717) is 6.61 Å². The second-order valence-electron chi connectivity index (χ2n) is 6.54.